The van der Waals surface area contributed by atoms with Crippen molar-refractivity contribution in [2.24, 2.45) is 0 Å². The number of carbonyl (C=O) groups is 1. The molecule has 160 valence electrons. The van der Waals surface area contributed by atoms with Gasteiger partial charge < -0.3 is 9.67 Å². The van der Waals surface area contributed by atoms with E-state index in [0.29, 0.717) is 37.8 Å². The van der Waals surface area contributed by atoms with Gasteiger partial charge in [-0.25, -0.2) is 4.98 Å². The van der Waals surface area contributed by atoms with E-state index in [0.717, 1.165) is 5.56 Å². The van der Waals surface area contributed by atoms with Gasteiger partial charge in [0.05, 0.1) is 22.8 Å². The summed E-state index contributed by atoms with van der Waals surface area (Å²) in [6, 6.07) is 9.83. The summed E-state index contributed by atoms with van der Waals surface area (Å²) in [4.78, 5) is 17.6. The van der Waals surface area contributed by atoms with E-state index in [4.69, 9.17) is 23.2 Å². The van der Waals surface area contributed by atoms with Crippen molar-refractivity contribution in [3.05, 3.63) is 63.4 Å². The Kier molecular flexibility index (Phi) is 5.26. The summed E-state index contributed by atoms with van der Waals surface area (Å²) >= 11 is 12.3. The number of hydrogen-bond donors (Lipinski definition) is 1. The Morgan fingerprint density at radius 2 is 1.97 bits per heavy atom. The molecule has 0 aliphatic carbocycles. The maximum absolute atomic E-state index is 13.1. The number of fused-ring (bicyclic) bond motifs is 1. The molecule has 1 aliphatic rings. The number of hydrogen-bond acceptors (Lipinski definition) is 5. The minimum Gasteiger partial charge on any atom is -0.360 e. The number of amides is 1. The van der Waals surface area contributed by atoms with Gasteiger partial charge in [-0.3, -0.25) is 4.79 Å². The molecule has 1 atom stereocenters. The highest BCUT2D eigenvalue weighted by Crippen LogP contribution is 2.29. The fourth-order valence-electron chi connectivity index (χ4n) is 3.46. The summed E-state index contributed by atoms with van der Waals surface area (Å²) in [5.74, 6) is 2.06. The Hall–Kier alpha value is -2.57. The van der Waals surface area contributed by atoms with Crippen molar-refractivity contribution in [1.29, 1.82) is 0 Å². The molecule has 2 aromatic carbocycles. The lowest BCUT2D eigenvalue weighted by Gasteiger charge is -2.28. The van der Waals surface area contributed by atoms with Crippen molar-refractivity contribution >= 4 is 50.2 Å². The van der Waals surface area contributed by atoms with Crippen LogP contribution in [0.1, 0.15) is 35.1 Å². The molecule has 0 saturated carbocycles. The van der Waals surface area contributed by atoms with E-state index in [1.807, 2.05) is 16.7 Å². The molecule has 0 radical (unpaired) electrons. The maximum atomic E-state index is 13.1. The molecule has 0 spiro atoms. The standard InChI is InChI=1S/C21H17Cl2N3O4S/c1-3-21(28)8-9-31(29,30)26(21)20(27)14-5-7-18-19(10-14)25(13(2)24-18)12-15-4-6-16(22)11-17(15)23/h4-7,10-11,28H,3,12H2,1-2H3. The average Bonchev–Trinajstić information content (AvgIpc) is 3.15. The molecule has 1 unspecified atom stereocenters. The van der Waals surface area contributed by atoms with E-state index in [2.05, 4.69) is 10.9 Å². The molecule has 31 heavy (non-hydrogen) atoms. The molecule has 10 heteroatoms. The smallest absolute Gasteiger partial charge is 0.310 e. The van der Waals surface area contributed by atoms with Gasteiger partial charge in [-0.05, 0) is 48.7 Å². The van der Waals surface area contributed by atoms with E-state index in [1.165, 1.54) is 6.07 Å². The number of aliphatic hydroxyl groups is 1. The van der Waals surface area contributed by atoms with E-state index in [1.54, 1.807) is 37.3 Å². The van der Waals surface area contributed by atoms with Crippen molar-refractivity contribution in [3.63, 3.8) is 0 Å². The molecule has 4 rings (SSSR count). The first-order valence-electron chi connectivity index (χ1n) is 9.32. The Morgan fingerprint density at radius 1 is 1.23 bits per heavy atom. The maximum Gasteiger partial charge on any atom is 0.310 e. The highest BCUT2D eigenvalue weighted by molar-refractivity contribution is 7.94. The quantitative estimate of drug-likeness (QED) is 0.580. The minimum atomic E-state index is -4.25. The van der Waals surface area contributed by atoms with Crippen LogP contribution in [0.4, 0.5) is 0 Å². The molecular formula is C21H17Cl2N3O4S. The van der Waals surface area contributed by atoms with Gasteiger partial charge >= 0.3 is 10.0 Å². The van der Waals surface area contributed by atoms with Crippen LogP contribution >= 0.6 is 23.2 Å². The van der Waals surface area contributed by atoms with Gasteiger partial charge in [0.1, 0.15) is 5.82 Å². The van der Waals surface area contributed by atoms with E-state index in [9.17, 15) is 18.3 Å². The zero-order valence-corrected chi connectivity index (χ0v) is 18.9. The van der Waals surface area contributed by atoms with Gasteiger partial charge in [0.2, 0.25) is 5.72 Å². The van der Waals surface area contributed by atoms with Gasteiger partial charge in [0.15, 0.2) is 0 Å². The molecule has 1 amide bonds. The van der Waals surface area contributed by atoms with Crippen LogP contribution < -0.4 is 0 Å². The molecule has 1 N–H and O–H groups in total. The lowest BCUT2D eigenvalue weighted by molar-refractivity contribution is 0.000101. The first kappa shape index (κ1) is 21.7. The predicted molar refractivity (Wildman–Crippen MR) is 118 cm³/mol. The largest absolute Gasteiger partial charge is 0.360 e. The van der Waals surface area contributed by atoms with Gasteiger partial charge in [-0.1, -0.05) is 36.2 Å². The lowest BCUT2D eigenvalue weighted by atomic mass is 10.1. The van der Waals surface area contributed by atoms with Crippen molar-refractivity contribution in [2.45, 2.75) is 32.5 Å². The third-order valence-electron chi connectivity index (χ3n) is 5.16. The highest BCUT2D eigenvalue weighted by atomic mass is 35.5. The van der Waals surface area contributed by atoms with Crippen molar-refractivity contribution in [2.75, 3.05) is 0 Å². The Morgan fingerprint density at radius 3 is 2.65 bits per heavy atom. The number of aromatic nitrogens is 2. The molecular weight excluding hydrogens is 461 g/mol. The van der Waals surface area contributed by atoms with E-state index in [-0.39, 0.29) is 12.0 Å². The molecule has 3 aromatic rings. The van der Waals surface area contributed by atoms with Crippen LogP contribution in [0, 0.1) is 18.1 Å². The van der Waals surface area contributed by atoms with E-state index < -0.39 is 21.7 Å². The van der Waals surface area contributed by atoms with Gasteiger partial charge in [0.25, 0.3) is 5.91 Å². The fourth-order valence-corrected chi connectivity index (χ4v) is 5.21. The monoisotopic (exact) mass is 477 g/mol. The van der Waals surface area contributed by atoms with Crippen LogP contribution in [0.25, 0.3) is 11.0 Å². The van der Waals surface area contributed by atoms with Crippen molar-refractivity contribution in [3.8, 4) is 11.2 Å². The van der Waals surface area contributed by atoms with Crippen molar-refractivity contribution < 1.29 is 18.3 Å². The van der Waals surface area contributed by atoms with Crippen LogP contribution in [-0.4, -0.2) is 39.0 Å². The summed E-state index contributed by atoms with van der Waals surface area (Å²) < 4.78 is 26.9. The van der Waals surface area contributed by atoms with Crippen LogP contribution in [-0.2, 0) is 16.6 Å². The van der Waals surface area contributed by atoms with Crippen molar-refractivity contribution in [1.82, 2.24) is 13.9 Å². The molecule has 7 nitrogen and oxygen atoms in total. The number of nitrogens with zero attached hydrogens (tertiary/aromatic N) is 3. The number of halogens is 2. The van der Waals surface area contributed by atoms with Crippen LogP contribution in [0.15, 0.2) is 36.4 Å². The second kappa shape index (κ2) is 7.53. The zero-order chi connectivity index (χ0) is 22.6. The van der Waals surface area contributed by atoms with Gasteiger partial charge in [0, 0.05) is 22.0 Å². The van der Waals surface area contributed by atoms with Gasteiger partial charge in [-0.2, -0.15) is 12.7 Å². The Labute approximate surface area is 189 Å². The molecule has 0 saturated heterocycles. The second-order valence-corrected chi connectivity index (χ2v) is 9.52. The third-order valence-corrected chi connectivity index (χ3v) is 7.06. The van der Waals surface area contributed by atoms with Crippen LogP contribution in [0.5, 0.6) is 0 Å². The summed E-state index contributed by atoms with van der Waals surface area (Å²) in [7, 11) is -4.25. The van der Waals surface area contributed by atoms with Crippen LogP contribution in [0.3, 0.4) is 0 Å². The summed E-state index contributed by atoms with van der Waals surface area (Å²) in [5, 5.41) is 13.5. The number of benzene rings is 2. The average molecular weight is 478 g/mol. The first-order valence-corrected chi connectivity index (χ1v) is 11.5. The molecule has 2 heterocycles. The number of aryl methyl sites for hydroxylation is 1. The first-order chi connectivity index (χ1) is 14.6. The predicted octanol–water partition coefficient (Wildman–Crippen LogP) is 3.54. The molecule has 0 bridgehead atoms. The number of carbonyl (C=O) groups excluding carboxylic acids is 1. The van der Waals surface area contributed by atoms with E-state index >= 15 is 0 Å². The summed E-state index contributed by atoms with van der Waals surface area (Å²) in [6.07, 6.45) is -0.0562. The Bertz CT molecular complexity index is 1410. The minimum absolute atomic E-state index is 0.0562. The topological polar surface area (TPSA) is 92.5 Å². The summed E-state index contributed by atoms with van der Waals surface area (Å²) in [5.41, 5.74) is 0.0629. The SMILES string of the molecule is CCC1(O)C#CS(=O)(=O)N1C(=O)c1ccc2nc(C)n(Cc3ccc(Cl)cc3Cl)c2c1. The van der Waals surface area contributed by atoms with Gasteiger partial charge in [-0.15, -0.1) is 0 Å². The third kappa shape index (κ3) is 3.68. The fraction of sp³-hybridized carbons (Fsp3) is 0.238. The Balaban J connectivity index is 1.78. The number of imidazole rings is 1. The second-order valence-electron chi connectivity index (χ2n) is 7.16. The normalized spacial score (nSPS) is 19.5. The highest BCUT2D eigenvalue weighted by Gasteiger charge is 2.47. The molecule has 1 aliphatic heterocycles. The molecule has 1 aromatic heterocycles. The molecule has 0 fully saturated rings. The number of rotatable bonds is 4. The number of sulfonamides is 1. The summed E-state index contributed by atoms with van der Waals surface area (Å²) in [6.45, 7) is 3.74. The van der Waals surface area contributed by atoms with Crippen LogP contribution in [0.2, 0.25) is 10.0 Å². The lowest BCUT2D eigenvalue weighted by Crippen LogP contribution is -2.50. The zero-order valence-electron chi connectivity index (χ0n) is 16.6.